The second-order valence-corrected chi connectivity index (χ2v) is 5.88. The SMILES string of the molecule is CC(C)(C)CNCc1cc(F)c(F)cc1Br. The Morgan fingerprint density at radius 2 is 1.75 bits per heavy atom. The quantitative estimate of drug-likeness (QED) is 0.834. The van der Waals surface area contributed by atoms with Crippen LogP contribution in [-0.4, -0.2) is 6.54 Å². The van der Waals surface area contributed by atoms with Gasteiger partial charge < -0.3 is 5.32 Å². The largest absolute Gasteiger partial charge is 0.312 e. The van der Waals surface area contributed by atoms with Crippen LogP contribution in [0.5, 0.6) is 0 Å². The first-order chi connectivity index (χ1) is 7.29. The van der Waals surface area contributed by atoms with Crippen LogP contribution in [0.1, 0.15) is 26.3 Å². The van der Waals surface area contributed by atoms with E-state index >= 15 is 0 Å². The predicted octanol–water partition coefficient (Wildman–Crippen LogP) is 3.86. The molecule has 0 aliphatic rings. The molecule has 0 unspecified atom stereocenters. The summed E-state index contributed by atoms with van der Waals surface area (Å²) in [5.41, 5.74) is 0.897. The van der Waals surface area contributed by atoms with Crippen LogP contribution in [0, 0.1) is 17.0 Å². The summed E-state index contributed by atoms with van der Waals surface area (Å²) in [6.07, 6.45) is 0. The van der Waals surface area contributed by atoms with Gasteiger partial charge in [-0.3, -0.25) is 0 Å². The van der Waals surface area contributed by atoms with Crippen molar-refractivity contribution in [2.75, 3.05) is 6.54 Å². The van der Waals surface area contributed by atoms with Crippen molar-refractivity contribution in [3.8, 4) is 0 Å². The summed E-state index contributed by atoms with van der Waals surface area (Å²) in [4.78, 5) is 0. The molecule has 0 aliphatic heterocycles. The summed E-state index contributed by atoms with van der Waals surface area (Å²) in [5, 5.41) is 3.21. The van der Waals surface area contributed by atoms with Crippen LogP contribution >= 0.6 is 15.9 Å². The molecule has 0 bridgehead atoms. The van der Waals surface area contributed by atoms with E-state index in [9.17, 15) is 8.78 Å². The highest BCUT2D eigenvalue weighted by atomic mass is 79.9. The van der Waals surface area contributed by atoms with Crippen molar-refractivity contribution < 1.29 is 8.78 Å². The molecule has 0 aromatic heterocycles. The molecule has 0 saturated carbocycles. The number of halogens is 3. The number of hydrogen-bond acceptors (Lipinski definition) is 1. The molecule has 0 spiro atoms. The van der Waals surface area contributed by atoms with Gasteiger partial charge >= 0.3 is 0 Å². The smallest absolute Gasteiger partial charge is 0.159 e. The van der Waals surface area contributed by atoms with Crippen LogP contribution in [0.15, 0.2) is 16.6 Å². The highest BCUT2D eigenvalue weighted by molar-refractivity contribution is 9.10. The van der Waals surface area contributed by atoms with E-state index in [4.69, 9.17) is 0 Å². The summed E-state index contributed by atoms with van der Waals surface area (Å²) in [6, 6.07) is 2.37. The third-order valence-corrected chi connectivity index (χ3v) is 2.80. The van der Waals surface area contributed by atoms with Crippen LogP contribution in [-0.2, 0) is 6.54 Å². The monoisotopic (exact) mass is 291 g/mol. The van der Waals surface area contributed by atoms with Crippen LogP contribution < -0.4 is 5.32 Å². The lowest BCUT2D eigenvalue weighted by atomic mass is 9.97. The Morgan fingerprint density at radius 1 is 1.19 bits per heavy atom. The molecule has 90 valence electrons. The van der Waals surface area contributed by atoms with E-state index in [2.05, 4.69) is 42.0 Å². The minimum Gasteiger partial charge on any atom is -0.312 e. The average molecular weight is 292 g/mol. The van der Waals surface area contributed by atoms with Crippen molar-refractivity contribution >= 4 is 15.9 Å². The third kappa shape index (κ3) is 4.18. The fourth-order valence-electron chi connectivity index (χ4n) is 1.27. The van der Waals surface area contributed by atoms with E-state index in [1.165, 1.54) is 6.07 Å². The molecule has 1 rings (SSSR count). The van der Waals surface area contributed by atoms with Gasteiger partial charge in [0.15, 0.2) is 11.6 Å². The number of hydrogen-bond donors (Lipinski definition) is 1. The molecule has 1 N–H and O–H groups in total. The fraction of sp³-hybridized carbons (Fsp3) is 0.500. The van der Waals surface area contributed by atoms with E-state index in [1.807, 2.05) is 0 Å². The lowest BCUT2D eigenvalue weighted by Crippen LogP contribution is -2.26. The first-order valence-electron chi connectivity index (χ1n) is 5.14. The molecule has 1 nitrogen and oxygen atoms in total. The maximum absolute atomic E-state index is 13.0. The van der Waals surface area contributed by atoms with E-state index in [0.29, 0.717) is 11.0 Å². The molecule has 4 heteroatoms. The van der Waals surface area contributed by atoms with Crippen LogP contribution in [0.3, 0.4) is 0 Å². The summed E-state index contributed by atoms with van der Waals surface area (Å²) in [6.45, 7) is 7.67. The zero-order valence-corrected chi connectivity index (χ0v) is 11.3. The Bertz CT molecular complexity index is 372. The Hall–Kier alpha value is -0.480. The van der Waals surface area contributed by atoms with Gasteiger partial charge in [-0.1, -0.05) is 36.7 Å². The van der Waals surface area contributed by atoms with E-state index in [-0.39, 0.29) is 5.41 Å². The Balaban J connectivity index is 2.64. The maximum atomic E-state index is 13.0. The Morgan fingerprint density at radius 3 is 2.31 bits per heavy atom. The van der Waals surface area contributed by atoms with Gasteiger partial charge in [0.25, 0.3) is 0 Å². The normalized spacial score (nSPS) is 11.9. The zero-order valence-electron chi connectivity index (χ0n) is 9.70. The summed E-state index contributed by atoms with van der Waals surface area (Å²) >= 11 is 3.22. The predicted molar refractivity (Wildman–Crippen MR) is 65.2 cm³/mol. The van der Waals surface area contributed by atoms with Gasteiger partial charge in [-0.05, 0) is 23.1 Å². The molecular weight excluding hydrogens is 276 g/mol. The summed E-state index contributed by atoms with van der Waals surface area (Å²) in [7, 11) is 0. The molecule has 1 aromatic rings. The van der Waals surface area contributed by atoms with E-state index in [1.54, 1.807) is 0 Å². The van der Waals surface area contributed by atoms with Gasteiger partial charge in [0.2, 0.25) is 0 Å². The highest BCUT2D eigenvalue weighted by Gasteiger charge is 2.11. The summed E-state index contributed by atoms with van der Waals surface area (Å²) in [5.74, 6) is -1.64. The second-order valence-electron chi connectivity index (χ2n) is 5.02. The van der Waals surface area contributed by atoms with E-state index in [0.717, 1.165) is 18.2 Å². The lowest BCUT2D eigenvalue weighted by Gasteiger charge is -2.19. The lowest BCUT2D eigenvalue weighted by molar-refractivity contribution is 0.379. The molecular formula is C12H16BrF2N. The van der Waals surface area contributed by atoms with Gasteiger partial charge in [-0.2, -0.15) is 0 Å². The molecule has 0 radical (unpaired) electrons. The molecule has 0 heterocycles. The van der Waals surface area contributed by atoms with Crippen molar-refractivity contribution in [2.45, 2.75) is 27.3 Å². The van der Waals surface area contributed by atoms with Crippen LogP contribution in [0.4, 0.5) is 8.78 Å². The van der Waals surface area contributed by atoms with Crippen molar-refractivity contribution in [3.05, 3.63) is 33.8 Å². The molecule has 1 aromatic carbocycles. The second kappa shape index (κ2) is 5.23. The van der Waals surface area contributed by atoms with E-state index < -0.39 is 11.6 Å². The molecule has 0 amide bonds. The average Bonchev–Trinajstić information content (AvgIpc) is 2.11. The number of rotatable bonds is 3. The van der Waals surface area contributed by atoms with Crippen molar-refractivity contribution in [3.63, 3.8) is 0 Å². The molecule has 0 aliphatic carbocycles. The Labute approximate surface area is 103 Å². The first-order valence-corrected chi connectivity index (χ1v) is 5.93. The van der Waals surface area contributed by atoms with Gasteiger partial charge in [0, 0.05) is 17.6 Å². The number of benzene rings is 1. The molecule has 0 saturated heterocycles. The van der Waals surface area contributed by atoms with Crippen LogP contribution in [0.25, 0.3) is 0 Å². The topological polar surface area (TPSA) is 12.0 Å². The standard InChI is InChI=1S/C12H16BrF2N/c1-12(2,3)7-16-6-8-4-10(14)11(15)5-9(8)13/h4-5,16H,6-7H2,1-3H3. The zero-order chi connectivity index (χ0) is 12.3. The minimum absolute atomic E-state index is 0.172. The minimum atomic E-state index is -0.827. The number of nitrogens with one attached hydrogen (secondary N) is 1. The van der Waals surface area contributed by atoms with Gasteiger partial charge in [-0.25, -0.2) is 8.78 Å². The first kappa shape index (κ1) is 13.6. The molecule has 16 heavy (non-hydrogen) atoms. The Kier molecular flexibility index (Phi) is 4.44. The van der Waals surface area contributed by atoms with Crippen molar-refractivity contribution in [1.82, 2.24) is 5.32 Å². The third-order valence-electron chi connectivity index (χ3n) is 2.06. The summed E-state index contributed by atoms with van der Waals surface area (Å²) < 4.78 is 26.4. The van der Waals surface area contributed by atoms with Gasteiger partial charge in [0.1, 0.15) is 0 Å². The molecule has 0 fully saturated rings. The van der Waals surface area contributed by atoms with Crippen molar-refractivity contribution in [1.29, 1.82) is 0 Å². The maximum Gasteiger partial charge on any atom is 0.159 e. The van der Waals surface area contributed by atoms with Crippen LogP contribution in [0.2, 0.25) is 0 Å². The van der Waals surface area contributed by atoms with Gasteiger partial charge in [0.05, 0.1) is 0 Å². The van der Waals surface area contributed by atoms with Gasteiger partial charge in [-0.15, -0.1) is 0 Å². The van der Waals surface area contributed by atoms with Crippen molar-refractivity contribution in [2.24, 2.45) is 5.41 Å². The molecule has 0 atom stereocenters. The highest BCUT2D eigenvalue weighted by Crippen LogP contribution is 2.21. The fourth-order valence-corrected chi connectivity index (χ4v) is 1.73.